The summed E-state index contributed by atoms with van der Waals surface area (Å²) in [4.78, 5) is 11.0. The van der Waals surface area contributed by atoms with E-state index in [1.54, 1.807) is 12.4 Å². The summed E-state index contributed by atoms with van der Waals surface area (Å²) in [5.74, 6) is 2.32. The van der Waals surface area contributed by atoms with Crippen molar-refractivity contribution in [3.8, 4) is 6.01 Å². The quantitative estimate of drug-likeness (QED) is 0.766. The molecule has 1 aromatic rings. The standard InChI is InChI=1S/C13H17N3O/c1-2-14-13(15-3-1)17-12-10-4-9-5-11(12)8-16(6-9)7-10/h1-3,9-12H,4-8H2. The van der Waals surface area contributed by atoms with Crippen LogP contribution >= 0.6 is 0 Å². The first-order valence-corrected chi connectivity index (χ1v) is 6.54. The second kappa shape index (κ2) is 3.67. The van der Waals surface area contributed by atoms with Crippen LogP contribution in [0.25, 0.3) is 0 Å². The van der Waals surface area contributed by atoms with E-state index in [9.17, 15) is 0 Å². The van der Waals surface area contributed by atoms with Crippen LogP contribution in [0.3, 0.4) is 0 Å². The van der Waals surface area contributed by atoms with Crippen LogP contribution in [0.5, 0.6) is 6.01 Å². The van der Waals surface area contributed by atoms with Gasteiger partial charge in [-0.25, -0.2) is 9.97 Å². The molecule has 0 spiro atoms. The van der Waals surface area contributed by atoms with Crippen molar-refractivity contribution in [2.45, 2.75) is 18.9 Å². The summed E-state index contributed by atoms with van der Waals surface area (Å²) in [6.45, 7) is 3.75. The first-order valence-electron chi connectivity index (χ1n) is 6.54. The van der Waals surface area contributed by atoms with Crippen molar-refractivity contribution >= 4 is 0 Å². The van der Waals surface area contributed by atoms with Gasteiger partial charge in [-0.05, 0) is 24.8 Å². The van der Waals surface area contributed by atoms with Gasteiger partial charge in [0.15, 0.2) is 0 Å². The predicted molar refractivity (Wildman–Crippen MR) is 62.6 cm³/mol. The molecule has 1 saturated carbocycles. The summed E-state index contributed by atoms with van der Waals surface area (Å²) in [7, 11) is 0. The normalized spacial score (nSPS) is 42.7. The lowest BCUT2D eigenvalue weighted by atomic mass is 9.66. The summed E-state index contributed by atoms with van der Waals surface area (Å²) < 4.78 is 6.04. The van der Waals surface area contributed by atoms with Crippen molar-refractivity contribution in [1.82, 2.24) is 14.9 Å². The van der Waals surface area contributed by atoms with Crippen LogP contribution in [-0.2, 0) is 0 Å². The van der Waals surface area contributed by atoms with Crippen molar-refractivity contribution < 1.29 is 4.74 Å². The Morgan fingerprint density at radius 1 is 1.06 bits per heavy atom. The lowest BCUT2D eigenvalue weighted by molar-refractivity contribution is -0.101. The monoisotopic (exact) mass is 231 g/mol. The minimum Gasteiger partial charge on any atom is -0.459 e. The Morgan fingerprint density at radius 3 is 2.41 bits per heavy atom. The zero-order valence-electron chi connectivity index (χ0n) is 9.83. The van der Waals surface area contributed by atoms with Crippen molar-refractivity contribution in [3.05, 3.63) is 18.5 Å². The molecule has 1 aromatic heterocycles. The van der Waals surface area contributed by atoms with E-state index in [1.807, 2.05) is 6.07 Å². The van der Waals surface area contributed by atoms with Crippen molar-refractivity contribution in [2.24, 2.45) is 17.8 Å². The Kier molecular flexibility index (Phi) is 2.12. The van der Waals surface area contributed by atoms with E-state index in [4.69, 9.17) is 4.74 Å². The maximum Gasteiger partial charge on any atom is 0.316 e. The minimum absolute atomic E-state index is 0.352. The molecular formula is C13H17N3O. The molecule has 0 N–H and O–H groups in total. The van der Waals surface area contributed by atoms with Gasteiger partial charge in [-0.1, -0.05) is 0 Å². The van der Waals surface area contributed by atoms with E-state index >= 15 is 0 Å². The number of hydrogen-bond acceptors (Lipinski definition) is 4. The van der Waals surface area contributed by atoms with Gasteiger partial charge < -0.3 is 9.64 Å². The second-order valence-corrected chi connectivity index (χ2v) is 5.69. The summed E-state index contributed by atoms with van der Waals surface area (Å²) in [5.41, 5.74) is 0. The molecule has 0 aromatic carbocycles. The molecule has 5 rings (SSSR count). The third kappa shape index (κ3) is 1.62. The van der Waals surface area contributed by atoms with E-state index < -0.39 is 0 Å². The summed E-state index contributed by atoms with van der Waals surface area (Å²) >= 11 is 0. The van der Waals surface area contributed by atoms with E-state index in [-0.39, 0.29) is 0 Å². The summed E-state index contributed by atoms with van der Waals surface area (Å²) in [6.07, 6.45) is 6.53. The first kappa shape index (κ1) is 9.83. The van der Waals surface area contributed by atoms with Crippen molar-refractivity contribution in [2.75, 3.05) is 19.6 Å². The van der Waals surface area contributed by atoms with Crippen LogP contribution in [0.2, 0.25) is 0 Å². The zero-order valence-corrected chi connectivity index (χ0v) is 9.83. The molecule has 4 fully saturated rings. The Morgan fingerprint density at radius 2 is 1.76 bits per heavy atom. The maximum absolute atomic E-state index is 6.04. The van der Waals surface area contributed by atoms with Gasteiger partial charge >= 0.3 is 6.01 Å². The highest BCUT2D eigenvalue weighted by molar-refractivity contribution is 5.03. The minimum atomic E-state index is 0.352. The van der Waals surface area contributed by atoms with Crippen molar-refractivity contribution in [3.63, 3.8) is 0 Å². The van der Waals surface area contributed by atoms with Crippen LogP contribution in [-0.4, -0.2) is 40.6 Å². The molecule has 0 amide bonds. The van der Waals surface area contributed by atoms with Gasteiger partial charge in [-0.15, -0.1) is 0 Å². The molecule has 4 heterocycles. The summed E-state index contributed by atoms with van der Waals surface area (Å²) in [6, 6.07) is 2.38. The first-order chi connectivity index (χ1) is 8.38. The average molecular weight is 231 g/mol. The van der Waals surface area contributed by atoms with Crippen LogP contribution in [0.15, 0.2) is 18.5 Å². The highest BCUT2D eigenvalue weighted by Gasteiger charge is 2.48. The molecule has 4 nitrogen and oxygen atoms in total. The molecule has 1 aliphatic carbocycles. The fourth-order valence-electron chi connectivity index (χ4n) is 4.02. The number of rotatable bonds is 2. The molecule has 90 valence electrons. The topological polar surface area (TPSA) is 38.2 Å². The largest absolute Gasteiger partial charge is 0.459 e. The van der Waals surface area contributed by atoms with Gasteiger partial charge in [-0.3, -0.25) is 0 Å². The smallest absolute Gasteiger partial charge is 0.316 e. The molecule has 3 saturated heterocycles. The lowest BCUT2D eigenvalue weighted by Gasteiger charge is -2.55. The molecule has 4 aliphatic rings. The number of hydrogen-bond donors (Lipinski definition) is 0. The third-order valence-electron chi connectivity index (χ3n) is 4.49. The van der Waals surface area contributed by atoms with Crippen LogP contribution in [0.4, 0.5) is 0 Å². The molecule has 17 heavy (non-hydrogen) atoms. The van der Waals surface area contributed by atoms with Crippen LogP contribution < -0.4 is 4.74 Å². The number of nitrogens with zero attached hydrogens (tertiary/aromatic N) is 3. The molecular weight excluding hydrogens is 214 g/mol. The molecule has 3 aliphatic heterocycles. The van der Waals surface area contributed by atoms with Gasteiger partial charge in [0.2, 0.25) is 0 Å². The Balaban J connectivity index is 1.55. The van der Waals surface area contributed by atoms with Gasteiger partial charge in [0.1, 0.15) is 6.10 Å². The predicted octanol–water partition coefficient (Wildman–Crippen LogP) is 1.20. The van der Waals surface area contributed by atoms with Gasteiger partial charge in [0, 0.05) is 43.9 Å². The number of ether oxygens (including phenoxy) is 1. The molecule has 2 atom stereocenters. The Hall–Kier alpha value is -1.16. The molecule has 2 unspecified atom stereocenters. The van der Waals surface area contributed by atoms with E-state index in [2.05, 4.69) is 14.9 Å². The highest BCUT2D eigenvalue weighted by atomic mass is 16.5. The van der Waals surface area contributed by atoms with Crippen LogP contribution in [0, 0.1) is 17.8 Å². The third-order valence-corrected chi connectivity index (χ3v) is 4.49. The lowest BCUT2D eigenvalue weighted by Crippen LogP contribution is -2.61. The van der Waals surface area contributed by atoms with E-state index in [0.29, 0.717) is 24.0 Å². The Bertz CT molecular complexity index is 380. The van der Waals surface area contributed by atoms with Gasteiger partial charge in [-0.2, -0.15) is 0 Å². The second-order valence-electron chi connectivity index (χ2n) is 5.69. The zero-order chi connectivity index (χ0) is 11.2. The maximum atomic E-state index is 6.04. The van der Waals surface area contributed by atoms with Crippen molar-refractivity contribution in [1.29, 1.82) is 0 Å². The van der Waals surface area contributed by atoms with E-state index in [1.165, 1.54) is 32.5 Å². The van der Waals surface area contributed by atoms with Gasteiger partial charge in [0.25, 0.3) is 0 Å². The highest BCUT2D eigenvalue weighted by Crippen LogP contribution is 2.44. The number of piperidine rings is 3. The molecule has 0 radical (unpaired) electrons. The summed E-state index contributed by atoms with van der Waals surface area (Å²) in [5, 5.41) is 0. The fourth-order valence-corrected chi connectivity index (χ4v) is 4.02. The number of aromatic nitrogens is 2. The fraction of sp³-hybridized carbons (Fsp3) is 0.692. The average Bonchev–Trinajstić information content (AvgIpc) is 2.34. The molecule has 4 bridgehead atoms. The van der Waals surface area contributed by atoms with E-state index in [0.717, 1.165) is 5.92 Å². The Labute approximate surface area is 101 Å². The molecule has 4 heteroatoms. The van der Waals surface area contributed by atoms with Gasteiger partial charge in [0.05, 0.1) is 0 Å². The van der Waals surface area contributed by atoms with Crippen LogP contribution in [0.1, 0.15) is 12.8 Å². The SMILES string of the molecule is c1cnc(OC2C3CC4CC2CN(C4)C3)nc1.